The Morgan fingerprint density at radius 2 is 1.74 bits per heavy atom. The highest BCUT2D eigenvalue weighted by Crippen LogP contribution is 2.18. The largest absolute Gasteiger partial charge is 0.485 e. The Labute approximate surface area is 138 Å². The van der Waals surface area contributed by atoms with Gasteiger partial charge in [-0.15, -0.1) is 11.3 Å². The SMILES string of the molecule is CC(=O)NCc1ccc(C(=O)COc2ccc(C(C)=O)cc2)s1. The quantitative estimate of drug-likeness (QED) is 0.792. The molecule has 5 nitrogen and oxygen atoms in total. The summed E-state index contributed by atoms with van der Waals surface area (Å²) < 4.78 is 5.44. The number of benzene rings is 1. The summed E-state index contributed by atoms with van der Waals surface area (Å²) in [5, 5.41) is 2.69. The Kier molecular flexibility index (Phi) is 5.65. The number of rotatable bonds is 7. The van der Waals surface area contributed by atoms with Crippen LogP contribution in [0.4, 0.5) is 0 Å². The molecular formula is C17H17NO4S. The summed E-state index contributed by atoms with van der Waals surface area (Å²) in [5.74, 6) is 0.291. The van der Waals surface area contributed by atoms with E-state index in [0.29, 0.717) is 22.7 Å². The molecule has 120 valence electrons. The number of hydrogen-bond donors (Lipinski definition) is 1. The lowest BCUT2D eigenvalue weighted by Gasteiger charge is -2.05. The van der Waals surface area contributed by atoms with Crippen LogP contribution in [0, 0.1) is 0 Å². The number of ketones is 2. The maximum atomic E-state index is 12.1. The van der Waals surface area contributed by atoms with Gasteiger partial charge in [0.25, 0.3) is 0 Å². The van der Waals surface area contributed by atoms with Crippen molar-refractivity contribution in [3.8, 4) is 5.75 Å². The Balaban J connectivity index is 1.89. The Morgan fingerprint density at radius 1 is 1.04 bits per heavy atom. The molecule has 1 aromatic carbocycles. The maximum absolute atomic E-state index is 12.1. The second kappa shape index (κ2) is 7.69. The van der Waals surface area contributed by atoms with Crippen LogP contribution in [-0.2, 0) is 11.3 Å². The molecule has 0 saturated heterocycles. The number of amides is 1. The van der Waals surface area contributed by atoms with E-state index < -0.39 is 0 Å². The summed E-state index contributed by atoms with van der Waals surface area (Å²) in [7, 11) is 0. The van der Waals surface area contributed by atoms with E-state index in [1.165, 1.54) is 25.2 Å². The van der Waals surface area contributed by atoms with Gasteiger partial charge < -0.3 is 10.1 Å². The van der Waals surface area contributed by atoms with Crippen LogP contribution >= 0.6 is 11.3 Å². The minimum atomic E-state index is -0.125. The van der Waals surface area contributed by atoms with Crippen molar-refractivity contribution in [1.82, 2.24) is 5.32 Å². The molecule has 1 aromatic heterocycles. The predicted octanol–water partition coefficient (Wildman–Crippen LogP) is 2.85. The van der Waals surface area contributed by atoms with Crippen molar-refractivity contribution >= 4 is 28.8 Å². The fourth-order valence-electron chi connectivity index (χ4n) is 1.84. The summed E-state index contributed by atoms with van der Waals surface area (Å²) in [4.78, 5) is 35.6. The van der Waals surface area contributed by atoms with Gasteiger partial charge in [0.2, 0.25) is 11.7 Å². The number of thiophene rings is 1. The van der Waals surface area contributed by atoms with E-state index in [9.17, 15) is 14.4 Å². The average molecular weight is 331 g/mol. The predicted molar refractivity (Wildman–Crippen MR) is 88.1 cm³/mol. The number of carbonyl (C=O) groups is 3. The molecule has 0 saturated carbocycles. The Hall–Kier alpha value is -2.47. The molecule has 2 rings (SSSR count). The maximum Gasteiger partial charge on any atom is 0.217 e. The first-order valence-corrected chi connectivity index (χ1v) is 7.87. The molecule has 0 spiro atoms. The number of hydrogen-bond acceptors (Lipinski definition) is 5. The van der Waals surface area contributed by atoms with Gasteiger partial charge in [-0.05, 0) is 43.3 Å². The highest BCUT2D eigenvalue weighted by Gasteiger charge is 2.11. The van der Waals surface area contributed by atoms with Crippen LogP contribution in [0.15, 0.2) is 36.4 Å². The molecule has 0 atom stereocenters. The average Bonchev–Trinajstić information content (AvgIpc) is 3.00. The first kappa shape index (κ1) is 16.9. The minimum absolute atomic E-state index is 0.0158. The molecule has 23 heavy (non-hydrogen) atoms. The zero-order chi connectivity index (χ0) is 16.8. The van der Waals surface area contributed by atoms with Gasteiger partial charge >= 0.3 is 0 Å². The van der Waals surface area contributed by atoms with Gasteiger partial charge in [0, 0.05) is 17.4 Å². The van der Waals surface area contributed by atoms with E-state index in [1.807, 2.05) is 6.07 Å². The van der Waals surface area contributed by atoms with Crippen LogP contribution < -0.4 is 10.1 Å². The lowest BCUT2D eigenvalue weighted by molar-refractivity contribution is -0.119. The van der Waals surface area contributed by atoms with Gasteiger partial charge in [-0.25, -0.2) is 0 Å². The fourth-order valence-corrected chi connectivity index (χ4v) is 2.71. The third kappa shape index (κ3) is 5.03. The van der Waals surface area contributed by atoms with Crippen LogP contribution in [0.1, 0.15) is 38.8 Å². The van der Waals surface area contributed by atoms with E-state index in [4.69, 9.17) is 4.74 Å². The van der Waals surface area contributed by atoms with Crippen LogP contribution in [0.25, 0.3) is 0 Å². The summed E-state index contributed by atoms with van der Waals surface area (Å²) >= 11 is 1.34. The van der Waals surface area contributed by atoms with Crippen molar-refractivity contribution in [3.63, 3.8) is 0 Å². The smallest absolute Gasteiger partial charge is 0.217 e. The van der Waals surface area contributed by atoms with Gasteiger partial charge in [-0.2, -0.15) is 0 Å². The minimum Gasteiger partial charge on any atom is -0.485 e. The molecule has 1 heterocycles. The Bertz CT molecular complexity index is 718. The highest BCUT2D eigenvalue weighted by molar-refractivity contribution is 7.14. The number of ether oxygens (including phenoxy) is 1. The molecule has 0 radical (unpaired) electrons. The molecule has 0 unspecified atom stereocenters. The van der Waals surface area contributed by atoms with E-state index in [1.54, 1.807) is 30.3 Å². The molecular weight excluding hydrogens is 314 g/mol. The van der Waals surface area contributed by atoms with Crippen LogP contribution in [0.2, 0.25) is 0 Å². The van der Waals surface area contributed by atoms with Crippen molar-refractivity contribution in [1.29, 1.82) is 0 Å². The second-order valence-corrected chi connectivity index (χ2v) is 6.14. The van der Waals surface area contributed by atoms with Gasteiger partial charge in [0.15, 0.2) is 12.4 Å². The molecule has 0 aliphatic heterocycles. The first-order chi connectivity index (χ1) is 11.0. The molecule has 0 bridgehead atoms. The third-order valence-corrected chi connectivity index (χ3v) is 4.21. The van der Waals surface area contributed by atoms with Crippen LogP contribution in [0.5, 0.6) is 5.75 Å². The van der Waals surface area contributed by atoms with Crippen molar-refractivity contribution in [2.75, 3.05) is 6.61 Å². The molecule has 1 amide bonds. The fraction of sp³-hybridized carbons (Fsp3) is 0.235. The van der Waals surface area contributed by atoms with Gasteiger partial charge in [-0.3, -0.25) is 14.4 Å². The van der Waals surface area contributed by atoms with Crippen molar-refractivity contribution in [3.05, 3.63) is 51.7 Å². The van der Waals surface area contributed by atoms with Crippen LogP contribution in [-0.4, -0.2) is 24.1 Å². The number of carbonyl (C=O) groups excluding carboxylic acids is 3. The standard InChI is InChI=1S/C17H17NO4S/c1-11(19)13-3-5-14(6-4-13)22-10-16(21)17-8-7-15(23-17)9-18-12(2)20/h3-8H,9-10H2,1-2H3,(H,18,20). The first-order valence-electron chi connectivity index (χ1n) is 7.06. The topological polar surface area (TPSA) is 72.5 Å². The van der Waals surface area contributed by atoms with Crippen LogP contribution in [0.3, 0.4) is 0 Å². The highest BCUT2D eigenvalue weighted by atomic mass is 32.1. The van der Waals surface area contributed by atoms with Gasteiger partial charge in [-0.1, -0.05) is 0 Å². The van der Waals surface area contributed by atoms with E-state index in [0.717, 1.165) is 4.88 Å². The number of nitrogens with one attached hydrogen (secondary N) is 1. The van der Waals surface area contributed by atoms with Crippen molar-refractivity contribution < 1.29 is 19.1 Å². The normalized spacial score (nSPS) is 10.2. The van der Waals surface area contributed by atoms with Crippen molar-refractivity contribution in [2.24, 2.45) is 0 Å². The summed E-state index contributed by atoms with van der Waals surface area (Å²) in [5.41, 5.74) is 0.601. The van der Waals surface area contributed by atoms with Gasteiger partial charge in [0.1, 0.15) is 5.75 Å². The Morgan fingerprint density at radius 3 is 2.35 bits per heavy atom. The summed E-state index contributed by atoms with van der Waals surface area (Å²) in [6.45, 7) is 3.29. The second-order valence-electron chi connectivity index (χ2n) is 4.97. The number of Topliss-reactive ketones (excluding diaryl/α,β-unsaturated/α-hetero) is 2. The van der Waals surface area contributed by atoms with Crippen molar-refractivity contribution in [2.45, 2.75) is 20.4 Å². The molecule has 0 fully saturated rings. The monoisotopic (exact) mass is 331 g/mol. The molecule has 0 aliphatic carbocycles. The lowest BCUT2D eigenvalue weighted by Crippen LogP contribution is -2.18. The molecule has 0 aliphatic rings. The summed E-state index contributed by atoms with van der Waals surface area (Å²) in [6, 6.07) is 10.2. The molecule has 1 N–H and O–H groups in total. The summed E-state index contributed by atoms with van der Waals surface area (Å²) in [6.07, 6.45) is 0. The zero-order valence-corrected chi connectivity index (χ0v) is 13.7. The lowest BCUT2D eigenvalue weighted by atomic mass is 10.1. The van der Waals surface area contributed by atoms with E-state index >= 15 is 0 Å². The van der Waals surface area contributed by atoms with E-state index in [2.05, 4.69) is 5.32 Å². The third-order valence-electron chi connectivity index (χ3n) is 3.08. The molecule has 6 heteroatoms. The molecule has 2 aromatic rings. The van der Waals surface area contributed by atoms with E-state index in [-0.39, 0.29) is 24.1 Å². The zero-order valence-electron chi connectivity index (χ0n) is 12.9. The van der Waals surface area contributed by atoms with Gasteiger partial charge in [0.05, 0.1) is 11.4 Å².